The molecule has 110 valence electrons. The van der Waals surface area contributed by atoms with Gasteiger partial charge in [-0.2, -0.15) is 11.8 Å². The molecule has 19 heavy (non-hydrogen) atoms. The van der Waals surface area contributed by atoms with Crippen LogP contribution in [-0.4, -0.2) is 36.0 Å². The molecule has 0 radical (unpaired) electrons. The zero-order valence-electron chi connectivity index (χ0n) is 12.0. The van der Waals surface area contributed by atoms with Crippen LogP contribution in [0.3, 0.4) is 0 Å². The van der Waals surface area contributed by atoms with E-state index < -0.39 is 0 Å². The maximum absolute atomic E-state index is 12.4. The zero-order chi connectivity index (χ0) is 13.7. The average Bonchev–Trinajstić information content (AvgIpc) is 2.45. The summed E-state index contributed by atoms with van der Waals surface area (Å²) in [6, 6.07) is 0. The van der Waals surface area contributed by atoms with Crippen LogP contribution in [0, 0.1) is 11.8 Å². The van der Waals surface area contributed by atoms with Crippen LogP contribution in [0.4, 0.5) is 0 Å². The first-order chi connectivity index (χ1) is 9.19. The highest BCUT2D eigenvalue weighted by molar-refractivity contribution is 7.99. The van der Waals surface area contributed by atoms with E-state index in [2.05, 4.69) is 6.92 Å². The molecule has 2 atom stereocenters. The highest BCUT2D eigenvalue weighted by Crippen LogP contribution is 2.40. The molecule has 0 amide bonds. The Balaban J connectivity index is 1.91. The number of Topliss-reactive ketones (excluding diaryl/α,β-unsaturated/α-hetero) is 1. The quantitative estimate of drug-likeness (QED) is 0.843. The molecule has 2 aliphatic heterocycles. The normalized spacial score (nSPS) is 28.2. The van der Waals surface area contributed by atoms with Gasteiger partial charge in [-0.25, -0.2) is 0 Å². The average molecular weight is 285 g/mol. The van der Waals surface area contributed by atoms with E-state index in [9.17, 15) is 4.79 Å². The second-order valence-corrected chi connectivity index (χ2v) is 7.24. The van der Waals surface area contributed by atoms with Gasteiger partial charge in [-0.3, -0.25) is 4.79 Å². The van der Waals surface area contributed by atoms with E-state index in [1.165, 1.54) is 11.5 Å². The van der Waals surface area contributed by atoms with E-state index in [0.29, 0.717) is 24.7 Å². The lowest BCUT2D eigenvalue weighted by atomic mass is 9.78. The predicted molar refractivity (Wildman–Crippen MR) is 80.4 cm³/mol. The molecule has 0 bridgehead atoms. The maximum atomic E-state index is 12.4. The number of hydrogen-bond acceptors (Lipinski definition) is 4. The van der Waals surface area contributed by atoms with Gasteiger partial charge in [0.15, 0.2) is 0 Å². The Hall–Kier alpha value is -0.0600. The van der Waals surface area contributed by atoms with E-state index in [1.807, 2.05) is 11.8 Å². The molecule has 2 unspecified atom stereocenters. The summed E-state index contributed by atoms with van der Waals surface area (Å²) in [7, 11) is 0. The molecule has 2 fully saturated rings. The second kappa shape index (κ2) is 7.09. The number of nitrogens with two attached hydrogens (primary N) is 1. The fourth-order valence-corrected chi connectivity index (χ4v) is 4.48. The largest absolute Gasteiger partial charge is 0.375 e. The molecule has 4 heteroatoms. The van der Waals surface area contributed by atoms with Crippen LogP contribution in [0.5, 0.6) is 0 Å². The molecule has 0 saturated carbocycles. The zero-order valence-corrected chi connectivity index (χ0v) is 12.8. The monoisotopic (exact) mass is 285 g/mol. The molecule has 2 aliphatic rings. The molecule has 0 aromatic carbocycles. The molecule has 2 heterocycles. The van der Waals surface area contributed by atoms with Crippen LogP contribution < -0.4 is 5.73 Å². The topological polar surface area (TPSA) is 52.3 Å². The summed E-state index contributed by atoms with van der Waals surface area (Å²) in [4.78, 5) is 12.4. The Kier molecular flexibility index (Phi) is 5.72. The Morgan fingerprint density at radius 1 is 1.47 bits per heavy atom. The lowest BCUT2D eigenvalue weighted by Crippen LogP contribution is -2.44. The molecule has 2 N–H and O–H groups in total. The third-order valence-electron chi connectivity index (χ3n) is 4.75. The minimum atomic E-state index is 0.0221. The number of ketones is 1. The van der Waals surface area contributed by atoms with Crippen LogP contribution >= 0.6 is 11.8 Å². The fraction of sp³-hybridized carbons (Fsp3) is 0.933. The van der Waals surface area contributed by atoms with Crippen LogP contribution in [0.1, 0.15) is 45.4 Å². The molecular weight excluding hydrogens is 258 g/mol. The fourth-order valence-electron chi connectivity index (χ4n) is 3.24. The van der Waals surface area contributed by atoms with Crippen molar-refractivity contribution >= 4 is 17.5 Å². The van der Waals surface area contributed by atoms with E-state index in [1.54, 1.807) is 0 Å². The van der Waals surface area contributed by atoms with Crippen molar-refractivity contribution < 1.29 is 9.53 Å². The Morgan fingerprint density at radius 3 is 2.84 bits per heavy atom. The molecule has 0 aromatic heterocycles. The molecule has 0 aromatic rings. The standard InChI is InChI=1S/C15H27NO2S/c1-2-12(11-16)9-14(17)13-3-6-18-15(10-13)4-7-19-8-5-15/h12-13H,2-11,16H2,1H3. The molecule has 3 nitrogen and oxygen atoms in total. The third kappa shape index (κ3) is 3.96. The summed E-state index contributed by atoms with van der Waals surface area (Å²) < 4.78 is 6.05. The summed E-state index contributed by atoms with van der Waals surface area (Å²) in [6.45, 7) is 3.52. The predicted octanol–water partition coefficient (Wildman–Crippen LogP) is 2.62. The number of thioether (sulfide) groups is 1. The maximum Gasteiger partial charge on any atom is 0.136 e. The van der Waals surface area contributed by atoms with Crippen LogP contribution in [0.2, 0.25) is 0 Å². The van der Waals surface area contributed by atoms with Crippen LogP contribution in [-0.2, 0) is 9.53 Å². The molecule has 2 rings (SSSR count). The highest BCUT2D eigenvalue weighted by Gasteiger charge is 2.40. The lowest BCUT2D eigenvalue weighted by molar-refractivity contribution is -0.139. The van der Waals surface area contributed by atoms with E-state index in [-0.39, 0.29) is 11.5 Å². The van der Waals surface area contributed by atoms with Gasteiger partial charge in [0, 0.05) is 18.9 Å². The summed E-state index contributed by atoms with van der Waals surface area (Å²) in [5, 5.41) is 0. The Bertz CT molecular complexity index is 293. The van der Waals surface area contributed by atoms with Gasteiger partial charge in [-0.1, -0.05) is 13.3 Å². The number of carbonyl (C=O) groups is 1. The van der Waals surface area contributed by atoms with Gasteiger partial charge in [0.25, 0.3) is 0 Å². The van der Waals surface area contributed by atoms with Crippen molar-refractivity contribution in [2.45, 2.75) is 51.0 Å². The molecule has 1 spiro atoms. The Labute approximate surface area is 121 Å². The minimum absolute atomic E-state index is 0.0221. The van der Waals surface area contributed by atoms with Gasteiger partial charge in [0.05, 0.1) is 5.60 Å². The lowest BCUT2D eigenvalue weighted by Gasteiger charge is -2.43. The van der Waals surface area contributed by atoms with E-state index in [4.69, 9.17) is 10.5 Å². The molecule has 0 aliphatic carbocycles. The van der Waals surface area contributed by atoms with Crippen molar-refractivity contribution in [2.24, 2.45) is 17.6 Å². The first-order valence-electron chi connectivity index (χ1n) is 7.63. The smallest absolute Gasteiger partial charge is 0.136 e. The third-order valence-corrected chi connectivity index (χ3v) is 5.74. The first kappa shape index (κ1) is 15.3. The number of rotatable bonds is 5. The van der Waals surface area contributed by atoms with Crippen molar-refractivity contribution in [3.05, 3.63) is 0 Å². The van der Waals surface area contributed by atoms with Crippen LogP contribution in [0.15, 0.2) is 0 Å². The van der Waals surface area contributed by atoms with Gasteiger partial charge >= 0.3 is 0 Å². The van der Waals surface area contributed by atoms with Gasteiger partial charge < -0.3 is 10.5 Å². The van der Waals surface area contributed by atoms with Crippen LogP contribution in [0.25, 0.3) is 0 Å². The SMILES string of the molecule is CCC(CN)CC(=O)C1CCOC2(CCSCC2)C1. The minimum Gasteiger partial charge on any atom is -0.375 e. The van der Waals surface area contributed by atoms with Crippen molar-refractivity contribution in [1.29, 1.82) is 0 Å². The molecular formula is C15H27NO2S. The summed E-state index contributed by atoms with van der Waals surface area (Å²) in [5.41, 5.74) is 5.74. The number of hydrogen-bond donors (Lipinski definition) is 1. The number of ether oxygens (including phenoxy) is 1. The van der Waals surface area contributed by atoms with Gasteiger partial charge in [-0.15, -0.1) is 0 Å². The van der Waals surface area contributed by atoms with E-state index in [0.717, 1.165) is 38.7 Å². The van der Waals surface area contributed by atoms with Crippen molar-refractivity contribution in [3.8, 4) is 0 Å². The highest BCUT2D eigenvalue weighted by atomic mass is 32.2. The summed E-state index contributed by atoms with van der Waals surface area (Å²) in [5.74, 6) is 3.38. The van der Waals surface area contributed by atoms with Gasteiger partial charge in [0.1, 0.15) is 5.78 Å². The van der Waals surface area contributed by atoms with Gasteiger partial charge in [0.2, 0.25) is 0 Å². The van der Waals surface area contributed by atoms with Crippen molar-refractivity contribution in [1.82, 2.24) is 0 Å². The summed E-state index contributed by atoms with van der Waals surface area (Å²) >= 11 is 2.01. The van der Waals surface area contributed by atoms with Crippen molar-refractivity contribution in [2.75, 3.05) is 24.7 Å². The summed E-state index contributed by atoms with van der Waals surface area (Å²) in [6.07, 6.45) is 5.78. The molecule has 2 saturated heterocycles. The van der Waals surface area contributed by atoms with E-state index >= 15 is 0 Å². The second-order valence-electron chi connectivity index (χ2n) is 6.01. The Morgan fingerprint density at radius 2 is 2.21 bits per heavy atom. The number of carbonyl (C=O) groups excluding carboxylic acids is 1. The first-order valence-corrected chi connectivity index (χ1v) is 8.79. The van der Waals surface area contributed by atoms with Crippen molar-refractivity contribution in [3.63, 3.8) is 0 Å². The van der Waals surface area contributed by atoms with Gasteiger partial charge in [-0.05, 0) is 49.7 Å².